The summed E-state index contributed by atoms with van der Waals surface area (Å²) >= 11 is 0. The third kappa shape index (κ3) is 3.85. The standard InChI is InChI=1S/C15H26N2O3/c1-15(11-16,10-14(19-4)20-5)17(2)12-7-6-8-13(9-12)18-3/h6-9,14H,10-11,16H2,1-5H3. The van der Waals surface area contributed by atoms with Crippen molar-refractivity contribution in [3.05, 3.63) is 24.3 Å². The summed E-state index contributed by atoms with van der Waals surface area (Å²) in [6.45, 7) is 2.58. The average Bonchev–Trinajstić information content (AvgIpc) is 2.51. The zero-order valence-electron chi connectivity index (χ0n) is 13.1. The highest BCUT2D eigenvalue weighted by Gasteiger charge is 2.31. The SMILES string of the molecule is COc1cccc(N(C)C(C)(CN)CC(OC)OC)c1. The first-order valence-electron chi connectivity index (χ1n) is 6.64. The molecule has 0 aliphatic heterocycles. The maximum atomic E-state index is 5.99. The highest BCUT2D eigenvalue weighted by molar-refractivity contribution is 5.52. The van der Waals surface area contributed by atoms with E-state index in [4.69, 9.17) is 19.9 Å². The van der Waals surface area contributed by atoms with Gasteiger partial charge < -0.3 is 24.8 Å². The molecule has 1 unspecified atom stereocenters. The quantitative estimate of drug-likeness (QED) is 0.738. The lowest BCUT2D eigenvalue weighted by Gasteiger charge is -2.41. The predicted octanol–water partition coefficient (Wildman–Crippen LogP) is 1.86. The maximum Gasteiger partial charge on any atom is 0.159 e. The number of nitrogens with zero attached hydrogens (tertiary/aromatic N) is 1. The van der Waals surface area contributed by atoms with Crippen LogP contribution in [0, 0.1) is 0 Å². The van der Waals surface area contributed by atoms with E-state index in [0.29, 0.717) is 13.0 Å². The summed E-state index contributed by atoms with van der Waals surface area (Å²) in [6.07, 6.45) is 0.390. The topological polar surface area (TPSA) is 57.0 Å². The minimum Gasteiger partial charge on any atom is -0.497 e. The molecule has 0 aliphatic carbocycles. The van der Waals surface area contributed by atoms with Gasteiger partial charge in [0, 0.05) is 46.0 Å². The molecule has 0 spiro atoms. The molecule has 0 aromatic heterocycles. The summed E-state index contributed by atoms with van der Waals surface area (Å²) in [4.78, 5) is 2.14. The van der Waals surface area contributed by atoms with Gasteiger partial charge >= 0.3 is 0 Å². The zero-order chi connectivity index (χ0) is 15.2. The summed E-state index contributed by atoms with van der Waals surface area (Å²) in [5.74, 6) is 0.823. The lowest BCUT2D eigenvalue weighted by molar-refractivity contribution is -0.115. The first-order chi connectivity index (χ1) is 9.50. The molecule has 0 heterocycles. The smallest absolute Gasteiger partial charge is 0.159 e. The second kappa shape index (κ2) is 7.47. The van der Waals surface area contributed by atoms with E-state index < -0.39 is 0 Å². The fourth-order valence-corrected chi connectivity index (χ4v) is 2.11. The van der Waals surface area contributed by atoms with Gasteiger partial charge in [0.25, 0.3) is 0 Å². The van der Waals surface area contributed by atoms with Gasteiger partial charge in [-0.05, 0) is 19.1 Å². The maximum absolute atomic E-state index is 5.99. The van der Waals surface area contributed by atoms with Crippen LogP contribution in [0.2, 0.25) is 0 Å². The van der Waals surface area contributed by atoms with Gasteiger partial charge in [-0.1, -0.05) is 6.07 Å². The first-order valence-corrected chi connectivity index (χ1v) is 6.64. The molecule has 1 atom stereocenters. The molecule has 1 rings (SSSR count). The summed E-state index contributed by atoms with van der Waals surface area (Å²) in [5.41, 5.74) is 6.76. The number of hydrogen-bond donors (Lipinski definition) is 1. The monoisotopic (exact) mass is 282 g/mol. The zero-order valence-corrected chi connectivity index (χ0v) is 13.1. The van der Waals surface area contributed by atoms with Crippen LogP contribution in [0.4, 0.5) is 5.69 Å². The van der Waals surface area contributed by atoms with Gasteiger partial charge in [-0.2, -0.15) is 0 Å². The van der Waals surface area contributed by atoms with E-state index in [1.807, 2.05) is 31.3 Å². The Balaban J connectivity index is 2.96. The third-order valence-electron chi connectivity index (χ3n) is 3.82. The van der Waals surface area contributed by atoms with Crippen molar-refractivity contribution in [1.82, 2.24) is 0 Å². The van der Waals surface area contributed by atoms with Gasteiger partial charge in [-0.25, -0.2) is 0 Å². The molecule has 1 aromatic carbocycles. The van der Waals surface area contributed by atoms with E-state index in [1.54, 1.807) is 21.3 Å². The van der Waals surface area contributed by atoms with E-state index in [1.165, 1.54) is 0 Å². The van der Waals surface area contributed by atoms with E-state index in [9.17, 15) is 0 Å². The molecule has 0 saturated heterocycles. The van der Waals surface area contributed by atoms with E-state index in [2.05, 4.69) is 11.8 Å². The Morgan fingerprint density at radius 3 is 2.40 bits per heavy atom. The molecule has 114 valence electrons. The van der Waals surface area contributed by atoms with Crippen LogP contribution in [0.3, 0.4) is 0 Å². The minimum absolute atomic E-state index is 0.275. The van der Waals surface area contributed by atoms with Crippen LogP contribution in [0.1, 0.15) is 13.3 Å². The molecule has 0 saturated carbocycles. The first kappa shape index (κ1) is 16.8. The van der Waals surface area contributed by atoms with Crippen molar-refractivity contribution in [1.29, 1.82) is 0 Å². The fraction of sp³-hybridized carbons (Fsp3) is 0.600. The number of hydrogen-bond acceptors (Lipinski definition) is 5. The number of rotatable bonds is 8. The Kier molecular flexibility index (Phi) is 6.26. The number of nitrogens with two attached hydrogens (primary N) is 1. The van der Waals surface area contributed by atoms with Crippen molar-refractivity contribution in [2.45, 2.75) is 25.2 Å². The minimum atomic E-state index is -0.281. The van der Waals surface area contributed by atoms with Crippen molar-refractivity contribution in [3.63, 3.8) is 0 Å². The fourth-order valence-electron chi connectivity index (χ4n) is 2.11. The van der Waals surface area contributed by atoms with Crippen LogP contribution in [0.25, 0.3) is 0 Å². The lowest BCUT2D eigenvalue weighted by Crippen LogP contribution is -2.52. The van der Waals surface area contributed by atoms with Crippen molar-refractivity contribution in [2.24, 2.45) is 5.73 Å². The van der Waals surface area contributed by atoms with Crippen LogP contribution in [0.5, 0.6) is 5.75 Å². The summed E-state index contributed by atoms with van der Waals surface area (Å²) in [6, 6.07) is 7.91. The Hall–Kier alpha value is -1.30. The third-order valence-corrected chi connectivity index (χ3v) is 3.82. The Morgan fingerprint density at radius 2 is 1.90 bits per heavy atom. The molecule has 0 bridgehead atoms. The van der Waals surface area contributed by atoms with E-state index >= 15 is 0 Å². The second-order valence-corrected chi connectivity index (χ2v) is 5.07. The van der Waals surface area contributed by atoms with Crippen LogP contribution in [-0.4, -0.2) is 46.8 Å². The van der Waals surface area contributed by atoms with Gasteiger partial charge in [0.15, 0.2) is 6.29 Å². The van der Waals surface area contributed by atoms with Crippen LogP contribution in [-0.2, 0) is 9.47 Å². The Bertz CT molecular complexity index is 410. The Labute approximate surface area is 121 Å². The molecule has 5 heteroatoms. The molecule has 0 aliphatic rings. The molecular formula is C15H26N2O3. The number of likely N-dealkylation sites (N-methyl/N-ethyl adjacent to an activating group) is 1. The average molecular weight is 282 g/mol. The highest BCUT2D eigenvalue weighted by Crippen LogP contribution is 2.29. The summed E-state index contributed by atoms with van der Waals surface area (Å²) in [5, 5.41) is 0. The van der Waals surface area contributed by atoms with Crippen molar-refractivity contribution in [2.75, 3.05) is 39.8 Å². The normalized spacial score (nSPS) is 14.2. The molecule has 2 N–H and O–H groups in total. The van der Waals surface area contributed by atoms with Gasteiger partial charge in [-0.3, -0.25) is 0 Å². The summed E-state index contributed by atoms with van der Waals surface area (Å²) < 4.78 is 15.9. The number of methoxy groups -OCH3 is 3. The number of benzene rings is 1. The summed E-state index contributed by atoms with van der Waals surface area (Å²) in [7, 11) is 6.95. The van der Waals surface area contributed by atoms with Crippen LogP contribution < -0.4 is 15.4 Å². The van der Waals surface area contributed by atoms with Crippen LogP contribution in [0.15, 0.2) is 24.3 Å². The van der Waals surface area contributed by atoms with Gasteiger partial charge in [0.2, 0.25) is 0 Å². The number of ether oxygens (including phenoxy) is 3. The van der Waals surface area contributed by atoms with Gasteiger partial charge in [0.1, 0.15) is 5.75 Å². The largest absolute Gasteiger partial charge is 0.497 e. The molecule has 0 amide bonds. The predicted molar refractivity (Wildman–Crippen MR) is 81.3 cm³/mol. The van der Waals surface area contributed by atoms with Crippen molar-refractivity contribution < 1.29 is 14.2 Å². The molecular weight excluding hydrogens is 256 g/mol. The van der Waals surface area contributed by atoms with Gasteiger partial charge in [-0.15, -0.1) is 0 Å². The van der Waals surface area contributed by atoms with Crippen molar-refractivity contribution >= 4 is 5.69 Å². The van der Waals surface area contributed by atoms with Crippen LogP contribution >= 0.6 is 0 Å². The lowest BCUT2D eigenvalue weighted by atomic mass is 9.94. The molecule has 0 radical (unpaired) electrons. The highest BCUT2D eigenvalue weighted by atomic mass is 16.7. The van der Waals surface area contributed by atoms with E-state index in [0.717, 1.165) is 11.4 Å². The molecule has 20 heavy (non-hydrogen) atoms. The van der Waals surface area contributed by atoms with Crippen molar-refractivity contribution in [3.8, 4) is 5.75 Å². The molecule has 5 nitrogen and oxygen atoms in total. The second-order valence-electron chi connectivity index (χ2n) is 5.07. The Morgan fingerprint density at radius 1 is 1.25 bits per heavy atom. The number of anilines is 1. The molecule has 0 fully saturated rings. The van der Waals surface area contributed by atoms with E-state index in [-0.39, 0.29) is 11.8 Å². The van der Waals surface area contributed by atoms with Gasteiger partial charge in [0.05, 0.1) is 12.6 Å². The molecule has 1 aromatic rings.